The molecule has 2 aliphatic heterocycles. The fourth-order valence-electron chi connectivity index (χ4n) is 4.23. The third kappa shape index (κ3) is 4.40. The van der Waals surface area contributed by atoms with Gasteiger partial charge in [-0.25, -0.2) is 4.98 Å². The van der Waals surface area contributed by atoms with Gasteiger partial charge in [0.2, 0.25) is 11.9 Å². The zero-order valence-corrected chi connectivity index (χ0v) is 18.6. The quantitative estimate of drug-likeness (QED) is 0.565. The van der Waals surface area contributed by atoms with Crippen molar-refractivity contribution in [3.63, 3.8) is 0 Å². The van der Waals surface area contributed by atoms with Crippen LogP contribution in [0.15, 0.2) is 48.8 Å². The molecule has 34 heavy (non-hydrogen) atoms. The molecule has 2 aromatic heterocycles. The van der Waals surface area contributed by atoms with Crippen LogP contribution in [-0.2, 0) is 16.0 Å². The maximum atomic E-state index is 12.5. The Hall–Kier alpha value is -4.05. The molecule has 1 fully saturated rings. The average Bonchev–Trinajstić information content (AvgIpc) is 3.32. The number of carbonyl (C=O) groups is 2. The molecule has 1 aromatic carbocycles. The summed E-state index contributed by atoms with van der Waals surface area (Å²) in [5.41, 5.74) is 9.19. The van der Waals surface area contributed by atoms with Crippen molar-refractivity contribution in [2.45, 2.75) is 6.42 Å². The van der Waals surface area contributed by atoms with Crippen LogP contribution in [0.25, 0.3) is 11.3 Å². The molecule has 5 rings (SSSR count). The van der Waals surface area contributed by atoms with Crippen LogP contribution < -0.4 is 20.9 Å². The van der Waals surface area contributed by atoms with Gasteiger partial charge >= 0.3 is 0 Å². The summed E-state index contributed by atoms with van der Waals surface area (Å²) in [5, 5.41) is 2.54. The van der Waals surface area contributed by atoms with E-state index in [4.69, 9.17) is 20.4 Å². The maximum absolute atomic E-state index is 12.5. The van der Waals surface area contributed by atoms with Crippen LogP contribution in [0.3, 0.4) is 0 Å². The second kappa shape index (κ2) is 9.44. The number of primary amides is 1. The van der Waals surface area contributed by atoms with E-state index in [1.165, 1.54) is 0 Å². The van der Waals surface area contributed by atoms with Gasteiger partial charge in [-0.15, -0.1) is 0 Å². The molecule has 10 heteroatoms. The lowest BCUT2D eigenvalue weighted by molar-refractivity contribution is -0.117. The number of hydrogen-bond donors (Lipinski definition) is 2. The van der Waals surface area contributed by atoms with Crippen LogP contribution in [0.4, 0.5) is 17.5 Å². The molecule has 4 heterocycles. The molecule has 3 aromatic rings. The summed E-state index contributed by atoms with van der Waals surface area (Å²) in [6, 6.07) is 11.2. The van der Waals surface area contributed by atoms with E-state index in [0.29, 0.717) is 37.8 Å². The number of rotatable bonds is 6. The lowest BCUT2D eigenvalue weighted by atomic mass is 10.0. The summed E-state index contributed by atoms with van der Waals surface area (Å²) in [7, 11) is 0. The number of nitrogens with zero attached hydrogens (tertiary/aromatic N) is 5. The Labute approximate surface area is 196 Å². The largest absolute Gasteiger partial charge is 0.378 e. The van der Waals surface area contributed by atoms with Gasteiger partial charge < -0.3 is 25.6 Å². The number of ether oxygens (including phenoxy) is 1. The number of aromatic nitrogens is 3. The minimum Gasteiger partial charge on any atom is -0.378 e. The molecular formula is C24H25N7O3. The first kappa shape index (κ1) is 21.8. The number of fused-ring (bicyclic) bond motifs is 1. The van der Waals surface area contributed by atoms with Crippen molar-refractivity contribution in [3.8, 4) is 11.3 Å². The van der Waals surface area contributed by atoms with Crippen LogP contribution in [0.5, 0.6) is 0 Å². The number of nitrogens with two attached hydrogens (primary N) is 1. The van der Waals surface area contributed by atoms with Gasteiger partial charge in [0, 0.05) is 42.5 Å². The molecule has 3 N–H and O–H groups in total. The van der Waals surface area contributed by atoms with Crippen molar-refractivity contribution in [1.82, 2.24) is 20.3 Å². The van der Waals surface area contributed by atoms with Gasteiger partial charge in [-0.2, -0.15) is 4.98 Å². The Balaban J connectivity index is 1.57. The second-order valence-electron chi connectivity index (χ2n) is 8.12. The highest BCUT2D eigenvalue weighted by Gasteiger charge is 2.29. The normalized spacial score (nSPS) is 15.2. The number of amides is 2. The molecule has 2 amide bonds. The van der Waals surface area contributed by atoms with Crippen molar-refractivity contribution < 1.29 is 14.3 Å². The third-order valence-corrected chi connectivity index (χ3v) is 5.89. The van der Waals surface area contributed by atoms with Crippen LogP contribution in [0, 0.1) is 0 Å². The minimum absolute atomic E-state index is 0.215. The van der Waals surface area contributed by atoms with Crippen molar-refractivity contribution in [1.29, 1.82) is 0 Å². The summed E-state index contributed by atoms with van der Waals surface area (Å²) in [6.45, 7) is 3.21. The third-order valence-electron chi connectivity index (χ3n) is 5.89. The van der Waals surface area contributed by atoms with Crippen molar-refractivity contribution in [3.05, 3.63) is 59.9 Å². The predicted octanol–water partition coefficient (Wildman–Crippen LogP) is 1.28. The van der Waals surface area contributed by atoms with Crippen molar-refractivity contribution >= 4 is 29.3 Å². The fourth-order valence-corrected chi connectivity index (χ4v) is 4.23. The van der Waals surface area contributed by atoms with Crippen molar-refractivity contribution in [2.24, 2.45) is 5.73 Å². The molecule has 0 bridgehead atoms. The van der Waals surface area contributed by atoms with E-state index < -0.39 is 5.91 Å². The van der Waals surface area contributed by atoms with E-state index in [2.05, 4.69) is 20.1 Å². The van der Waals surface area contributed by atoms with Gasteiger partial charge in [0.25, 0.3) is 5.91 Å². The molecule has 10 nitrogen and oxygen atoms in total. The molecule has 0 aliphatic carbocycles. The van der Waals surface area contributed by atoms with Crippen LogP contribution >= 0.6 is 0 Å². The number of carbonyl (C=O) groups excluding carboxylic acids is 2. The summed E-state index contributed by atoms with van der Waals surface area (Å²) >= 11 is 0. The highest BCUT2D eigenvalue weighted by molar-refractivity contribution is 5.97. The summed E-state index contributed by atoms with van der Waals surface area (Å²) in [5.74, 6) is 0.528. The SMILES string of the molecule is NC(=O)CNC(=O)c1cccc(-c2nc(N3CCOCC3)nc3c2CCN3c2cccnc2)c1. The highest BCUT2D eigenvalue weighted by atomic mass is 16.5. The second-order valence-corrected chi connectivity index (χ2v) is 8.12. The van der Waals surface area contributed by atoms with E-state index >= 15 is 0 Å². The zero-order chi connectivity index (χ0) is 23.5. The Bertz CT molecular complexity index is 1210. The summed E-state index contributed by atoms with van der Waals surface area (Å²) in [6.07, 6.45) is 4.34. The molecule has 0 spiro atoms. The minimum atomic E-state index is -0.594. The lowest BCUT2D eigenvalue weighted by Crippen LogP contribution is -2.37. The number of hydrogen-bond acceptors (Lipinski definition) is 8. The van der Waals surface area contributed by atoms with Crippen LogP contribution in [0.2, 0.25) is 0 Å². The zero-order valence-electron chi connectivity index (χ0n) is 18.6. The summed E-state index contributed by atoms with van der Waals surface area (Å²) < 4.78 is 5.51. The Kier molecular flexibility index (Phi) is 6.05. The first-order valence-electron chi connectivity index (χ1n) is 11.2. The van der Waals surface area contributed by atoms with Gasteiger partial charge in [-0.1, -0.05) is 12.1 Å². The van der Waals surface area contributed by atoms with Gasteiger partial charge in [0.15, 0.2) is 0 Å². The number of morpholine rings is 1. The number of pyridine rings is 1. The lowest BCUT2D eigenvalue weighted by Gasteiger charge is -2.28. The molecule has 0 unspecified atom stereocenters. The van der Waals surface area contributed by atoms with Crippen molar-refractivity contribution in [2.75, 3.05) is 49.2 Å². The van der Waals surface area contributed by atoms with E-state index in [1.807, 2.05) is 30.5 Å². The summed E-state index contributed by atoms with van der Waals surface area (Å²) in [4.78, 5) is 42.0. The maximum Gasteiger partial charge on any atom is 0.251 e. The molecular weight excluding hydrogens is 434 g/mol. The molecule has 1 saturated heterocycles. The van der Waals surface area contributed by atoms with E-state index in [-0.39, 0.29) is 12.5 Å². The Morgan fingerprint density at radius 1 is 1.09 bits per heavy atom. The van der Waals surface area contributed by atoms with Crippen LogP contribution in [-0.4, -0.2) is 66.2 Å². The molecule has 174 valence electrons. The van der Waals surface area contributed by atoms with E-state index in [9.17, 15) is 9.59 Å². The van der Waals surface area contributed by atoms with Gasteiger partial charge in [0.05, 0.1) is 37.3 Å². The molecule has 0 atom stereocenters. The molecule has 0 saturated carbocycles. The Morgan fingerprint density at radius 2 is 1.94 bits per heavy atom. The van der Waals surface area contributed by atoms with E-state index in [0.717, 1.165) is 41.3 Å². The van der Waals surface area contributed by atoms with E-state index in [1.54, 1.807) is 18.3 Å². The smallest absolute Gasteiger partial charge is 0.251 e. The number of anilines is 3. The first-order chi connectivity index (χ1) is 16.6. The monoisotopic (exact) mass is 459 g/mol. The molecule has 0 radical (unpaired) electrons. The highest BCUT2D eigenvalue weighted by Crippen LogP contribution is 2.39. The van der Waals surface area contributed by atoms with Gasteiger partial charge in [0.1, 0.15) is 5.82 Å². The topological polar surface area (TPSA) is 127 Å². The average molecular weight is 460 g/mol. The fraction of sp³-hybridized carbons (Fsp3) is 0.292. The van der Waals surface area contributed by atoms with Crippen LogP contribution in [0.1, 0.15) is 15.9 Å². The number of benzene rings is 1. The first-order valence-corrected chi connectivity index (χ1v) is 11.2. The van der Waals surface area contributed by atoms with Gasteiger partial charge in [-0.3, -0.25) is 14.6 Å². The predicted molar refractivity (Wildman–Crippen MR) is 127 cm³/mol. The van der Waals surface area contributed by atoms with Gasteiger partial charge in [-0.05, 0) is 30.7 Å². The Morgan fingerprint density at radius 3 is 2.71 bits per heavy atom. The number of nitrogens with one attached hydrogen (secondary N) is 1. The standard InChI is InChI=1S/C24H25N7O3/c25-20(32)15-27-23(33)17-4-1-3-16(13-17)21-19-6-8-31(18-5-2-7-26-14-18)22(19)29-24(28-21)30-9-11-34-12-10-30/h1-5,7,13-14H,6,8-12,15H2,(H2,25,32)(H,27,33). The molecule has 2 aliphatic rings.